The molecule has 2 aliphatic heterocycles. The number of halogens is 2. The van der Waals surface area contributed by atoms with Crippen LogP contribution in [0.15, 0.2) is 30.0 Å². The Morgan fingerprint density at radius 3 is 2.63 bits per heavy atom. The summed E-state index contributed by atoms with van der Waals surface area (Å²) < 4.78 is 18.9. The van der Waals surface area contributed by atoms with Gasteiger partial charge in [0.05, 0.1) is 5.02 Å². The van der Waals surface area contributed by atoms with Crippen LogP contribution < -0.4 is 5.32 Å². The van der Waals surface area contributed by atoms with E-state index in [1.807, 2.05) is 0 Å². The zero-order chi connectivity index (χ0) is 21.9. The summed E-state index contributed by atoms with van der Waals surface area (Å²) in [6.07, 6.45) is 4.17. The van der Waals surface area contributed by atoms with Crippen molar-refractivity contribution in [2.45, 2.75) is 51.6 Å². The lowest BCUT2D eigenvalue weighted by Gasteiger charge is -2.35. The van der Waals surface area contributed by atoms with E-state index >= 15 is 0 Å². The summed E-state index contributed by atoms with van der Waals surface area (Å²) >= 11 is 5.72. The number of likely N-dealkylation sites (tertiary alicyclic amines) is 1. The molecule has 3 rings (SSSR count). The zero-order valence-electron chi connectivity index (χ0n) is 17.2. The van der Waals surface area contributed by atoms with Gasteiger partial charge in [-0.1, -0.05) is 11.6 Å². The van der Waals surface area contributed by atoms with Crippen LogP contribution in [0.2, 0.25) is 5.02 Å². The molecule has 1 aromatic carbocycles. The van der Waals surface area contributed by atoms with Crippen LogP contribution in [0, 0.1) is 11.7 Å². The first-order valence-electron chi connectivity index (χ1n) is 10.1. The summed E-state index contributed by atoms with van der Waals surface area (Å²) in [7, 11) is 0. The number of carbonyl (C=O) groups is 3. The van der Waals surface area contributed by atoms with Gasteiger partial charge in [-0.2, -0.15) is 0 Å². The lowest BCUT2D eigenvalue weighted by Crippen LogP contribution is -2.43. The van der Waals surface area contributed by atoms with Gasteiger partial charge in [0.2, 0.25) is 5.91 Å². The number of anilines is 1. The minimum absolute atomic E-state index is 0.0352. The van der Waals surface area contributed by atoms with Gasteiger partial charge in [-0.3, -0.25) is 14.4 Å². The lowest BCUT2D eigenvalue weighted by atomic mass is 9.91. The first kappa shape index (κ1) is 22.3. The maximum absolute atomic E-state index is 13.2. The highest BCUT2D eigenvalue weighted by molar-refractivity contribution is 6.31. The van der Waals surface area contributed by atoms with Crippen molar-refractivity contribution in [3.8, 4) is 0 Å². The fourth-order valence-corrected chi connectivity index (χ4v) is 3.98. The van der Waals surface area contributed by atoms with E-state index in [1.165, 1.54) is 24.3 Å². The molecular weight excluding hydrogens is 411 g/mol. The number of allylic oxidation sites excluding steroid dienone is 1. The highest BCUT2D eigenvalue weighted by atomic mass is 35.5. The molecule has 0 atom stereocenters. The Labute approximate surface area is 180 Å². The number of ether oxygens (including phenoxy) is 1. The number of ketones is 1. The predicted molar refractivity (Wildman–Crippen MR) is 111 cm³/mol. The van der Waals surface area contributed by atoms with E-state index in [-0.39, 0.29) is 34.8 Å². The van der Waals surface area contributed by atoms with E-state index in [4.69, 9.17) is 16.3 Å². The largest absolute Gasteiger partial charge is 0.481 e. The molecule has 0 radical (unpaired) electrons. The van der Waals surface area contributed by atoms with Crippen molar-refractivity contribution < 1.29 is 23.5 Å². The van der Waals surface area contributed by atoms with Gasteiger partial charge in [0.25, 0.3) is 5.91 Å². The maximum Gasteiger partial charge on any atom is 0.289 e. The molecule has 2 aliphatic rings. The third kappa shape index (κ3) is 5.81. The van der Waals surface area contributed by atoms with Crippen LogP contribution in [-0.2, 0) is 19.1 Å². The van der Waals surface area contributed by atoms with E-state index in [1.54, 1.807) is 18.7 Å². The molecule has 1 saturated heterocycles. The zero-order valence-corrected chi connectivity index (χ0v) is 17.9. The second-order valence-electron chi connectivity index (χ2n) is 8.46. The van der Waals surface area contributed by atoms with Crippen molar-refractivity contribution in [1.29, 1.82) is 0 Å². The Bertz CT molecular complexity index is 876. The molecule has 1 aromatic rings. The number of hydrogen-bond donors (Lipinski definition) is 1. The highest BCUT2D eigenvalue weighted by Gasteiger charge is 2.34. The second-order valence-corrected chi connectivity index (χ2v) is 8.87. The summed E-state index contributed by atoms with van der Waals surface area (Å²) in [5.41, 5.74) is -0.206. The summed E-state index contributed by atoms with van der Waals surface area (Å²) in [4.78, 5) is 38.4. The van der Waals surface area contributed by atoms with Crippen LogP contribution in [0.1, 0.15) is 46.0 Å². The van der Waals surface area contributed by atoms with E-state index in [0.29, 0.717) is 37.5 Å². The van der Waals surface area contributed by atoms with E-state index in [9.17, 15) is 18.8 Å². The van der Waals surface area contributed by atoms with Gasteiger partial charge in [-0.05, 0) is 57.2 Å². The minimum Gasteiger partial charge on any atom is -0.481 e. The summed E-state index contributed by atoms with van der Waals surface area (Å²) in [5, 5.41) is 2.69. The van der Waals surface area contributed by atoms with Crippen LogP contribution in [-0.4, -0.2) is 41.2 Å². The first-order valence-corrected chi connectivity index (χ1v) is 10.5. The predicted octanol–water partition coefficient (Wildman–Crippen LogP) is 4.09. The van der Waals surface area contributed by atoms with Crippen LogP contribution >= 0.6 is 11.6 Å². The van der Waals surface area contributed by atoms with Crippen molar-refractivity contribution >= 4 is 34.9 Å². The number of hydrogen-bond acceptors (Lipinski definition) is 4. The third-order valence-corrected chi connectivity index (χ3v) is 5.66. The molecule has 0 saturated carbocycles. The Kier molecular flexibility index (Phi) is 6.81. The molecule has 30 heavy (non-hydrogen) atoms. The molecule has 0 unspecified atom stereocenters. The fraction of sp³-hybridized carbons (Fsp3) is 0.500. The molecule has 1 N–H and O–H groups in total. The quantitative estimate of drug-likeness (QED) is 0.754. The van der Waals surface area contributed by atoms with Gasteiger partial charge in [0, 0.05) is 37.7 Å². The molecule has 6 nitrogen and oxygen atoms in total. The van der Waals surface area contributed by atoms with Gasteiger partial charge < -0.3 is 15.0 Å². The Hall–Kier alpha value is -2.41. The Balaban J connectivity index is 1.44. The highest BCUT2D eigenvalue weighted by Crippen LogP contribution is 2.28. The monoisotopic (exact) mass is 436 g/mol. The number of benzene rings is 1. The molecule has 2 heterocycles. The van der Waals surface area contributed by atoms with Crippen molar-refractivity contribution in [2.75, 3.05) is 18.4 Å². The average molecular weight is 437 g/mol. The van der Waals surface area contributed by atoms with Crippen LogP contribution in [0.3, 0.4) is 0 Å². The normalized spacial score (nSPS) is 19.1. The van der Waals surface area contributed by atoms with Crippen molar-refractivity contribution in [2.24, 2.45) is 5.92 Å². The number of nitrogens with one attached hydrogen (secondary N) is 1. The van der Waals surface area contributed by atoms with Crippen molar-refractivity contribution in [3.63, 3.8) is 0 Å². The molecule has 0 spiro atoms. The maximum atomic E-state index is 13.2. The first-order chi connectivity index (χ1) is 14.1. The molecule has 2 amide bonds. The van der Waals surface area contributed by atoms with Gasteiger partial charge >= 0.3 is 0 Å². The number of carbonyl (C=O) groups excluding carboxylic acids is 3. The average Bonchev–Trinajstić information content (AvgIpc) is 2.67. The van der Waals surface area contributed by atoms with Gasteiger partial charge in [0.15, 0.2) is 11.5 Å². The SMILES string of the molecule is CC1(C)CC(=O)C=C(C(=O)N2CCC(CCC(=O)Nc3ccc(F)c(Cl)c3)CC2)O1. The number of amides is 2. The Morgan fingerprint density at radius 2 is 2.00 bits per heavy atom. The summed E-state index contributed by atoms with van der Waals surface area (Å²) in [5.74, 6) is -0.586. The molecule has 8 heteroatoms. The smallest absolute Gasteiger partial charge is 0.289 e. The van der Waals surface area contributed by atoms with Crippen LogP contribution in [0.4, 0.5) is 10.1 Å². The van der Waals surface area contributed by atoms with Crippen LogP contribution in [0.25, 0.3) is 0 Å². The standard InChI is InChI=1S/C22H26ClFN2O4/c1-22(2)13-16(27)12-19(30-22)21(29)26-9-7-14(8-10-26)3-6-20(28)25-15-4-5-18(24)17(23)11-15/h4-5,11-12,14H,3,6-10,13H2,1-2H3,(H,25,28). The van der Waals surface area contributed by atoms with Crippen molar-refractivity contribution in [1.82, 2.24) is 4.90 Å². The Morgan fingerprint density at radius 1 is 1.30 bits per heavy atom. The van der Waals surface area contributed by atoms with Gasteiger partial charge in [0.1, 0.15) is 11.4 Å². The number of piperidine rings is 1. The summed E-state index contributed by atoms with van der Waals surface area (Å²) in [6.45, 7) is 4.71. The number of rotatable bonds is 5. The third-order valence-electron chi connectivity index (χ3n) is 5.37. The number of nitrogens with zero attached hydrogens (tertiary/aromatic N) is 1. The van der Waals surface area contributed by atoms with Crippen LogP contribution in [0.5, 0.6) is 0 Å². The second kappa shape index (κ2) is 9.16. The molecule has 162 valence electrons. The van der Waals surface area contributed by atoms with E-state index < -0.39 is 11.4 Å². The molecule has 0 aliphatic carbocycles. The van der Waals surface area contributed by atoms with Gasteiger partial charge in [-0.15, -0.1) is 0 Å². The topological polar surface area (TPSA) is 75.7 Å². The minimum atomic E-state index is -0.669. The lowest BCUT2D eigenvalue weighted by molar-refractivity contribution is -0.139. The van der Waals surface area contributed by atoms with Gasteiger partial charge in [-0.25, -0.2) is 4.39 Å². The molecule has 0 bridgehead atoms. The van der Waals surface area contributed by atoms with E-state index in [0.717, 1.165) is 12.8 Å². The fourth-order valence-electron chi connectivity index (χ4n) is 3.80. The summed E-state index contributed by atoms with van der Waals surface area (Å²) in [6, 6.07) is 4.06. The van der Waals surface area contributed by atoms with E-state index in [2.05, 4.69) is 5.32 Å². The van der Waals surface area contributed by atoms with Crippen molar-refractivity contribution in [3.05, 3.63) is 40.9 Å². The molecule has 1 fully saturated rings. The molecular formula is C22H26ClFN2O4. The molecule has 0 aromatic heterocycles.